The van der Waals surface area contributed by atoms with Gasteiger partial charge in [0.2, 0.25) is 6.41 Å². The number of nitrogens with zero attached hydrogens (tertiary/aromatic N) is 1. The second-order valence-corrected chi connectivity index (χ2v) is 2.99. The zero-order valence-electron chi connectivity index (χ0n) is 7.45. The van der Waals surface area contributed by atoms with E-state index in [0.29, 0.717) is 6.04 Å². The van der Waals surface area contributed by atoms with Gasteiger partial charge in [-0.2, -0.15) is 0 Å². The summed E-state index contributed by atoms with van der Waals surface area (Å²) in [6.45, 7) is 4.93. The molecule has 0 aromatic rings. The summed E-state index contributed by atoms with van der Waals surface area (Å²) in [4.78, 5) is 12.4. The van der Waals surface area contributed by atoms with Crippen LogP contribution in [0.15, 0.2) is 0 Å². The van der Waals surface area contributed by atoms with Gasteiger partial charge in [-0.05, 0) is 6.42 Å². The van der Waals surface area contributed by atoms with Crippen LogP contribution < -0.4 is 5.32 Å². The Hall–Kier alpha value is -0.280. The van der Waals surface area contributed by atoms with Gasteiger partial charge in [0.05, 0.1) is 0 Å². The van der Waals surface area contributed by atoms with E-state index in [9.17, 15) is 4.79 Å². The van der Waals surface area contributed by atoms with Crippen LogP contribution in [0.4, 0.5) is 0 Å². The van der Waals surface area contributed by atoms with Crippen LogP contribution in [0.1, 0.15) is 19.8 Å². The lowest BCUT2D eigenvalue weighted by Gasteiger charge is -2.33. The van der Waals surface area contributed by atoms with E-state index in [4.69, 9.17) is 0 Å². The van der Waals surface area contributed by atoms with Gasteiger partial charge < -0.3 is 10.2 Å². The van der Waals surface area contributed by atoms with E-state index in [1.165, 1.54) is 0 Å². The monoisotopic (exact) mass is 192 g/mol. The Morgan fingerprint density at radius 1 is 1.67 bits per heavy atom. The number of carbonyl (C=O) groups is 1. The Morgan fingerprint density at radius 3 is 3.00 bits per heavy atom. The van der Waals surface area contributed by atoms with Crippen molar-refractivity contribution in [3.63, 3.8) is 0 Å². The average molecular weight is 193 g/mol. The smallest absolute Gasteiger partial charge is 0.210 e. The molecule has 4 heteroatoms. The molecule has 1 N–H and O–H groups in total. The number of hydrogen-bond acceptors (Lipinski definition) is 2. The predicted octanol–water partition coefficient (Wildman–Crippen LogP) is 0.638. The molecule has 0 radical (unpaired) electrons. The van der Waals surface area contributed by atoms with Gasteiger partial charge in [-0.3, -0.25) is 4.79 Å². The Bertz CT molecular complexity index is 130. The molecule has 1 aliphatic rings. The molecule has 1 rings (SSSR count). The summed E-state index contributed by atoms with van der Waals surface area (Å²) in [7, 11) is 0. The van der Waals surface area contributed by atoms with Crippen LogP contribution >= 0.6 is 12.4 Å². The molecule has 12 heavy (non-hydrogen) atoms. The van der Waals surface area contributed by atoms with E-state index in [2.05, 4.69) is 12.2 Å². The van der Waals surface area contributed by atoms with Crippen molar-refractivity contribution in [1.82, 2.24) is 10.2 Å². The molecule has 1 fully saturated rings. The van der Waals surface area contributed by atoms with E-state index < -0.39 is 0 Å². The SMILES string of the molecule is CCCC1CNCCN1C=O.Cl. The van der Waals surface area contributed by atoms with Crippen molar-refractivity contribution in [3.05, 3.63) is 0 Å². The maximum Gasteiger partial charge on any atom is 0.210 e. The average Bonchev–Trinajstić information content (AvgIpc) is 2.06. The molecule has 1 unspecified atom stereocenters. The van der Waals surface area contributed by atoms with Crippen molar-refractivity contribution in [2.75, 3.05) is 19.6 Å². The van der Waals surface area contributed by atoms with Gasteiger partial charge in [0.15, 0.2) is 0 Å². The summed E-state index contributed by atoms with van der Waals surface area (Å²) in [5.41, 5.74) is 0. The van der Waals surface area contributed by atoms with Crippen molar-refractivity contribution in [2.45, 2.75) is 25.8 Å². The van der Waals surface area contributed by atoms with Gasteiger partial charge in [-0.15, -0.1) is 12.4 Å². The molecule has 0 spiro atoms. The summed E-state index contributed by atoms with van der Waals surface area (Å²) in [5.74, 6) is 0. The fourth-order valence-electron chi connectivity index (χ4n) is 1.52. The van der Waals surface area contributed by atoms with Crippen LogP contribution in [0, 0.1) is 0 Å². The van der Waals surface area contributed by atoms with E-state index in [0.717, 1.165) is 38.9 Å². The molecule has 0 aliphatic carbocycles. The quantitative estimate of drug-likeness (QED) is 0.666. The van der Waals surface area contributed by atoms with Crippen LogP contribution in [-0.2, 0) is 4.79 Å². The van der Waals surface area contributed by atoms with Gasteiger partial charge >= 0.3 is 0 Å². The van der Waals surface area contributed by atoms with Gasteiger partial charge in [0.1, 0.15) is 0 Å². The van der Waals surface area contributed by atoms with Crippen LogP contribution in [0.5, 0.6) is 0 Å². The first kappa shape index (κ1) is 11.7. The van der Waals surface area contributed by atoms with Crippen LogP contribution in [-0.4, -0.2) is 37.0 Å². The third-order valence-electron chi connectivity index (χ3n) is 2.15. The summed E-state index contributed by atoms with van der Waals surface area (Å²) in [6, 6.07) is 0.436. The number of rotatable bonds is 3. The van der Waals surface area contributed by atoms with E-state index in [-0.39, 0.29) is 12.4 Å². The zero-order valence-corrected chi connectivity index (χ0v) is 8.27. The highest BCUT2D eigenvalue weighted by Gasteiger charge is 2.18. The lowest BCUT2D eigenvalue weighted by molar-refractivity contribution is -0.121. The molecule has 1 heterocycles. The van der Waals surface area contributed by atoms with E-state index in [1.807, 2.05) is 4.90 Å². The van der Waals surface area contributed by atoms with Gasteiger partial charge in [-0.1, -0.05) is 13.3 Å². The highest BCUT2D eigenvalue weighted by Crippen LogP contribution is 2.06. The highest BCUT2D eigenvalue weighted by atomic mass is 35.5. The third-order valence-corrected chi connectivity index (χ3v) is 2.15. The van der Waals surface area contributed by atoms with Crippen LogP contribution in [0.3, 0.4) is 0 Å². The van der Waals surface area contributed by atoms with Crippen molar-refractivity contribution in [2.24, 2.45) is 0 Å². The second-order valence-electron chi connectivity index (χ2n) is 2.99. The van der Waals surface area contributed by atoms with E-state index >= 15 is 0 Å². The van der Waals surface area contributed by atoms with Crippen molar-refractivity contribution in [3.8, 4) is 0 Å². The summed E-state index contributed by atoms with van der Waals surface area (Å²) >= 11 is 0. The molecular formula is C8H17ClN2O. The second kappa shape index (κ2) is 6.26. The first-order valence-electron chi connectivity index (χ1n) is 4.30. The molecule has 1 aliphatic heterocycles. The maximum atomic E-state index is 10.5. The minimum Gasteiger partial charge on any atom is -0.340 e. The molecule has 0 aromatic heterocycles. The Kier molecular flexibility index (Phi) is 6.11. The Labute approximate surface area is 79.9 Å². The molecule has 0 bridgehead atoms. The molecule has 0 aromatic carbocycles. The largest absolute Gasteiger partial charge is 0.340 e. The lowest BCUT2D eigenvalue weighted by atomic mass is 10.1. The summed E-state index contributed by atoms with van der Waals surface area (Å²) in [6.07, 6.45) is 3.24. The fraction of sp³-hybridized carbons (Fsp3) is 0.875. The van der Waals surface area contributed by atoms with Gasteiger partial charge in [-0.25, -0.2) is 0 Å². The predicted molar refractivity (Wildman–Crippen MR) is 51.6 cm³/mol. The standard InChI is InChI=1S/C8H16N2O.ClH/c1-2-3-8-6-9-4-5-10(8)7-11;/h7-9H,2-6H2,1H3;1H. The summed E-state index contributed by atoms with van der Waals surface area (Å²) < 4.78 is 0. The zero-order chi connectivity index (χ0) is 8.10. The van der Waals surface area contributed by atoms with Crippen molar-refractivity contribution in [1.29, 1.82) is 0 Å². The number of piperazine rings is 1. The topological polar surface area (TPSA) is 32.3 Å². The molecule has 1 saturated heterocycles. The van der Waals surface area contributed by atoms with Crippen molar-refractivity contribution < 1.29 is 4.79 Å². The first-order chi connectivity index (χ1) is 5.38. The molecule has 0 saturated carbocycles. The fourth-order valence-corrected chi connectivity index (χ4v) is 1.52. The summed E-state index contributed by atoms with van der Waals surface area (Å²) in [5, 5.41) is 3.28. The molecule has 1 amide bonds. The molecule has 3 nitrogen and oxygen atoms in total. The highest BCUT2D eigenvalue weighted by molar-refractivity contribution is 5.85. The van der Waals surface area contributed by atoms with Gasteiger partial charge in [0.25, 0.3) is 0 Å². The van der Waals surface area contributed by atoms with Crippen LogP contribution in [0.2, 0.25) is 0 Å². The first-order valence-corrected chi connectivity index (χ1v) is 4.30. The number of halogens is 1. The van der Waals surface area contributed by atoms with Crippen LogP contribution in [0.25, 0.3) is 0 Å². The molecular weight excluding hydrogens is 176 g/mol. The normalized spacial score (nSPS) is 23.1. The lowest BCUT2D eigenvalue weighted by Crippen LogP contribution is -2.50. The molecule has 1 atom stereocenters. The van der Waals surface area contributed by atoms with Crippen molar-refractivity contribution >= 4 is 18.8 Å². The minimum atomic E-state index is 0. The third kappa shape index (κ3) is 2.99. The number of hydrogen-bond donors (Lipinski definition) is 1. The number of carbonyl (C=O) groups excluding carboxylic acids is 1. The Balaban J connectivity index is 0.00000121. The molecule has 72 valence electrons. The minimum absolute atomic E-state index is 0. The van der Waals surface area contributed by atoms with E-state index in [1.54, 1.807) is 0 Å². The Morgan fingerprint density at radius 2 is 2.42 bits per heavy atom. The maximum absolute atomic E-state index is 10.5. The number of amides is 1. The number of nitrogens with one attached hydrogen (secondary N) is 1. The van der Waals surface area contributed by atoms with Gasteiger partial charge in [0, 0.05) is 25.7 Å².